The summed E-state index contributed by atoms with van der Waals surface area (Å²) >= 11 is 0. The molecule has 0 atom stereocenters. The van der Waals surface area contributed by atoms with E-state index in [2.05, 4.69) is 15.6 Å². The maximum atomic E-state index is 12.0. The second kappa shape index (κ2) is 5.97. The van der Waals surface area contributed by atoms with Crippen molar-refractivity contribution in [2.75, 3.05) is 13.2 Å². The molecule has 1 fully saturated rings. The summed E-state index contributed by atoms with van der Waals surface area (Å²) in [7, 11) is 0. The van der Waals surface area contributed by atoms with Gasteiger partial charge in [0.05, 0.1) is 11.9 Å². The third-order valence-electron chi connectivity index (χ3n) is 3.24. The van der Waals surface area contributed by atoms with Crippen molar-refractivity contribution in [3.63, 3.8) is 0 Å². The third kappa shape index (κ3) is 3.11. The molecular formula is C11H17N5O4. The molecule has 0 aliphatic carbocycles. The van der Waals surface area contributed by atoms with E-state index in [0.717, 1.165) is 0 Å². The minimum atomic E-state index is -1.26. The van der Waals surface area contributed by atoms with Gasteiger partial charge in [0.25, 0.3) is 0 Å². The molecule has 1 aromatic heterocycles. The second-order valence-electron chi connectivity index (χ2n) is 4.66. The molecule has 1 aliphatic heterocycles. The molecule has 0 radical (unpaired) electrons. The highest BCUT2D eigenvalue weighted by Gasteiger charge is 2.41. The topological polar surface area (TPSA) is 132 Å². The molecule has 0 saturated carbocycles. The Balaban J connectivity index is 1.99. The van der Waals surface area contributed by atoms with Gasteiger partial charge >= 0.3 is 5.97 Å². The number of carboxylic acids is 1. The Hall–Kier alpha value is -2.00. The molecule has 0 unspecified atom stereocenters. The highest BCUT2D eigenvalue weighted by atomic mass is 16.5. The summed E-state index contributed by atoms with van der Waals surface area (Å²) in [5.74, 6) is -1.47. The lowest BCUT2D eigenvalue weighted by atomic mass is 9.90. The van der Waals surface area contributed by atoms with Gasteiger partial charge in [0.2, 0.25) is 5.91 Å². The van der Waals surface area contributed by atoms with Crippen LogP contribution in [0.4, 0.5) is 0 Å². The van der Waals surface area contributed by atoms with Crippen LogP contribution in [0.25, 0.3) is 0 Å². The molecule has 1 amide bonds. The number of hydrogen-bond donors (Lipinski definition) is 3. The number of aliphatic carboxylic acids is 1. The molecular weight excluding hydrogens is 266 g/mol. The predicted octanol–water partition coefficient (Wildman–Crippen LogP) is -1.51. The smallest absolute Gasteiger partial charge is 0.329 e. The van der Waals surface area contributed by atoms with Gasteiger partial charge < -0.3 is 20.9 Å². The van der Waals surface area contributed by atoms with E-state index >= 15 is 0 Å². The molecule has 1 aromatic rings. The van der Waals surface area contributed by atoms with Crippen LogP contribution in [0.3, 0.4) is 0 Å². The quantitative estimate of drug-likeness (QED) is 0.598. The summed E-state index contributed by atoms with van der Waals surface area (Å²) in [6, 6.07) is 0. The molecule has 4 N–H and O–H groups in total. The van der Waals surface area contributed by atoms with Crippen molar-refractivity contribution in [1.82, 2.24) is 20.3 Å². The average molecular weight is 283 g/mol. The Labute approximate surface area is 115 Å². The Morgan fingerprint density at radius 3 is 2.75 bits per heavy atom. The van der Waals surface area contributed by atoms with E-state index < -0.39 is 17.4 Å². The van der Waals surface area contributed by atoms with Gasteiger partial charge in [-0.15, -0.1) is 5.10 Å². The van der Waals surface area contributed by atoms with Crippen LogP contribution in [0.1, 0.15) is 18.5 Å². The first-order chi connectivity index (χ1) is 9.55. The minimum Gasteiger partial charge on any atom is -0.480 e. The molecule has 9 nitrogen and oxygen atoms in total. The van der Waals surface area contributed by atoms with E-state index in [0.29, 0.717) is 18.9 Å². The number of nitrogens with one attached hydrogen (secondary N) is 1. The lowest BCUT2D eigenvalue weighted by Gasteiger charge is -2.33. The zero-order chi connectivity index (χ0) is 14.6. The maximum absolute atomic E-state index is 12.0. The Bertz CT molecular complexity index is 495. The van der Waals surface area contributed by atoms with Gasteiger partial charge in [-0.2, -0.15) is 0 Å². The molecule has 1 saturated heterocycles. The number of rotatable bonds is 5. The number of hydrogen-bond acceptors (Lipinski definition) is 6. The summed E-state index contributed by atoms with van der Waals surface area (Å²) in [5.41, 5.74) is 4.71. The van der Waals surface area contributed by atoms with Gasteiger partial charge in [-0.3, -0.25) is 4.79 Å². The van der Waals surface area contributed by atoms with E-state index in [1.807, 2.05) is 0 Å². The first-order valence-electron chi connectivity index (χ1n) is 6.27. The number of carbonyl (C=O) groups excluding carboxylic acids is 1. The van der Waals surface area contributed by atoms with Crippen LogP contribution in [0.15, 0.2) is 6.20 Å². The van der Waals surface area contributed by atoms with Gasteiger partial charge in [0, 0.05) is 32.6 Å². The molecule has 20 heavy (non-hydrogen) atoms. The van der Waals surface area contributed by atoms with Gasteiger partial charge in [-0.1, -0.05) is 5.21 Å². The predicted molar refractivity (Wildman–Crippen MR) is 66.5 cm³/mol. The van der Waals surface area contributed by atoms with Crippen LogP contribution >= 0.6 is 0 Å². The molecule has 9 heteroatoms. The normalized spacial score (nSPS) is 17.6. The number of nitrogens with two attached hydrogens (primary N) is 1. The summed E-state index contributed by atoms with van der Waals surface area (Å²) in [4.78, 5) is 23.3. The first-order valence-corrected chi connectivity index (χ1v) is 6.27. The fraction of sp³-hybridized carbons (Fsp3) is 0.636. The van der Waals surface area contributed by atoms with Crippen molar-refractivity contribution in [1.29, 1.82) is 0 Å². The van der Waals surface area contributed by atoms with Crippen LogP contribution in [-0.4, -0.2) is 50.7 Å². The van der Waals surface area contributed by atoms with Crippen LogP contribution in [0, 0.1) is 0 Å². The number of aromatic nitrogens is 3. The fourth-order valence-electron chi connectivity index (χ4n) is 2.08. The van der Waals surface area contributed by atoms with Crippen LogP contribution in [0.2, 0.25) is 0 Å². The van der Waals surface area contributed by atoms with Gasteiger partial charge in [0.1, 0.15) is 12.1 Å². The average Bonchev–Trinajstić information content (AvgIpc) is 2.87. The molecule has 2 heterocycles. The monoisotopic (exact) mass is 283 g/mol. The molecule has 0 bridgehead atoms. The summed E-state index contributed by atoms with van der Waals surface area (Å²) in [5, 5.41) is 19.4. The minimum absolute atomic E-state index is 0.0944. The van der Waals surface area contributed by atoms with Crippen molar-refractivity contribution in [3.05, 3.63) is 11.9 Å². The lowest BCUT2D eigenvalue weighted by Crippen LogP contribution is -2.58. The molecule has 0 aromatic carbocycles. The summed E-state index contributed by atoms with van der Waals surface area (Å²) in [6.45, 7) is 0.765. The highest BCUT2D eigenvalue weighted by Crippen LogP contribution is 2.21. The SMILES string of the molecule is NCc1cn(CC(=O)NC2(C(=O)O)CCOCC2)nn1. The molecule has 1 aliphatic rings. The maximum Gasteiger partial charge on any atom is 0.329 e. The zero-order valence-electron chi connectivity index (χ0n) is 10.9. The van der Waals surface area contributed by atoms with E-state index in [1.54, 1.807) is 6.20 Å². The van der Waals surface area contributed by atoms with E-state index in [9.17, 15) is 14.7 Å². The van der Waals surface area contributed by atoms with Crippen molar-refractivity contribution < 1.29 is 19.4 Å². The van der Waals surface area contributed by atoms with Crippen molar-refractivity contribution in [2.45, 2.75) is 31.5 Å². The Morgan fingerprint density at radius 2 is 2.20 bits per heavy atom. The van der Waals surface area contributed by atoms with E-state index in [-0.39, 0.29) is 25.9 Å². The third-order valence-corrected chi connectivity index (χ3v) is 3.24. The van der Waals surface area contributed by atoms with Crippen LogP contribution < -0.4 is 11.1 Å². The first kappa shape index (κ1) is 14.4. The van der Waals surface area contributed by atoms with Gasteiger partial charge in [-0.05, 0) is 0 Å². The van der Waals surface area contributed by atoms with Gasteiger partial charge in [-0.25, -0.2) is 9.48 Å². The molecule has 110 valence electrons. The van der Waals surface area contributed by atoms with Gasteiger partial charge in [0.15, 0.2) is 0 Å². The fourth-order valence-corrected chi connectivity index (χ4v) is 2.08. The van der Waals surface area contributed by atoms with E-state index in [1.165, 1.54) is 4.68 Å². The number of nitrogens with zero attached hydrogens (tertiary/aromatic N) is 3. The Morgan fingerprint density at radius 1 is 1.50 bits per heavy atom. The summed E-state index contributed by atoms with van der Waals surface area (Å²) < 4.78 is 6.46. The van der Waals surface area contributed by atoms with E-state index in [4.69, 9.17) is 10.5 Å². The lowest BCUT2D eigenvalue weighted by molar-refractivity contribution is -0.152. The summed E-state index contributed by atoms with van der Waals surface area (Å²) in [6.07, 6.45) is 2.05. The van der Waals surface area contributed by atoms with Crippen molar-refractivity contribution in [3.8, 4) is 0 Å². The molecule has 2 rings (SSSR count). The number of amides is 1. The van der Waals surface area contributed by atoms with Crippen LogP contribution in [0.5, 0.6) is 0 Å². The number of ether oxygens (including phenoxy) is 1. The zero-order valence-corrected chi connectivity index (χ0v) is 10.9. The van der Waals surface area contributed by atoms with Crippen LogP contribution in [-0.2, 0) is 27.4 Å². The highest BCUT2D eigenvalue weighted by molar-refractivity contribution is 5.87. The molecule has 0 spiro atoms. The number of carboxylic acid groups (broad SMARTS) is 1. The second-order valence-corrected chi connectivity index (χ2v) is 4.66. The standard InChI is InChI=1S/C11H17N5O4/c12-5-8-6-16(15-14-8)7-9(17)13-11(10(18)19)1-3-20-4-2-11/h6H,1-5,7,12H2,(H,13,17)(H,18,19). The number of carbonyl (C=O) groups is 2. The van der Waals surface area contributed by atoms with Crippen molar-refractivity contribution >= 4 is 11.9 Å². The van der Waals surface area contributed by atoms with Crippen molar-refractivity contribution in [2.24, 2.45) is 5.73 Å². The largest absolute Gasteiger partial charge is 0.480 e. The Kier molecular flexibility index (Phi) is 4.30.